The van der Waals surface area contributed by atoms with Crippen molar-refractivity contribution in [3.05, 3.63) is 33.8 Å². The monoisotopic (exact) mass is 579 g/mol. The molecule has 105 valence electrons. The molecule has 0 bridgehead atoms. The molecule has 0 spiro atoms. The second-order valence-electron chi connectivity index (χ2n) is 3.63. The Kier molecular flexibility index (Phi) is 17.6. The number of ether oxygens (including phenoxy) is 1. The van der Waals surface area contributed by atoms with E-state index in [1.807, 2.05) is 19.9 Å². The molecule has 6 heteroatoms. The van der Waals surface area contributed by atoms with Gasteiger partial charge in [0, 0.05) is 82.4 Å². The quantitative estimate of drug-likeness (QED) is 0.344. The number of allylic oxidation sites excluding steroid dienone is 1. The Bertz CT molecular complexity index is 394. The zero-order valence-corrected chi connectivity index (χ0v) is 19.6. The second-order valence-corrected chi connectivity index (χ2v) is 4.69. The number of methoxy groups -OCH3 is 1. The van der Waals surface area contributed by atoms with Crippen LogP contribution in [-0.4, -0.2) is 18.2 Å². The van der Waals surface area contributed by atoms with Gasteiger partial charge in [-0.25, -0.2) is 4.98 Å². The second kappa shape index (κ2) is 14.6. The Labute approximate surface area is 169 Å². The molecular weight excluding hydrogens is 561 g/mol. The van der Waals surface area contributed by atoms with Crippen LogP contribution >= 0.6 is 48.6 Å². The van der Waals surface area contributed by atoms with E-state index in [2.05, 4.69) is 66.7 Å². The molecule has 1 radical (unpaired) electrons. The van der Waals surface area contributed by atoms with E-state index in [4.69, 9.17) is 4.74 Å². The number of halogens is 2. The van der Waals surface area contributed by atoms with Gasteiger partial charge in [0.1, 0.15) is 0 Å². The van der Waals surface area contributed by atoms with Crippen LogP contribution in [0.25, 0.3) is 6.08 Å². The van der Waals surface area contributed by atoms with Crippen molar-refractivity contribution in [1.82, 2.24) is 4.98 Å². The number of aromatic nitrogens is 1. The summed E-state index contributed by atoms with van der Waals surface area (Å²) in [5, 5.41) is 3.16. The first kappa shape index (κ1) is 22.9. The largest absolute Gasteiger partial charge is 0.504 e. The molecule has 0 saturated carbocycles. The van der Waals surface area contributed by atoms with Gasteiger partial charge >= 0.3 is 0 Å². The van der Waals surface area contributed by atoms with E-state index in [1.54, 1.807) is 18.4 Å². The fourth-order valence-electron chi connectivity index (χ4n) is 1.47. The minimum Gasteiger partial charge on any atom is -0.504 e. The van der Waals surface area contributed by atoms with Crippen LogP contribution in [-0.2, 0) is 37.4 Å². The van der Waals surface area contributed by atoms with Crippen LogP contribution in [0, 0.1) is 13.0 Å². The molecule has 0 amide bonds. The maximum atomic E-state index is 5.43. The molecule has 1 atom stereocenters. The molecule has 0 fully saturated rings. The summed E-state index contributed by atoms with van der Waals surface area (Å²) in [6.45, 7) is 5.99. The molecular formula is C13H18I2NOSY-. The Balaban J connectivity index is 0. The Hall–Kier alpha value is 1.63. The number of hydrogen-bond donors (Lipinski definition) is 0. The third kappa shape index (κ3) is 10.1. The van der Waals surface area contributed by atoms with Crippen LogP contribution in [0.4, 0.5) is 0 Å². The van der Waals surface area contributed by atoms with Crippen LogP contribution in [0.15, 0.2) is 17.0 Å². The van der Waals surface area contributed by atoms with Crippen molar-refractivity contribution in [3.8, 4) is 0 Å². The molecule has 1 unspecified atom stereocenters. The Morgan fingerprint density at radius 3 is 2.63 bits per heavy atom. The van der Waals surface area contributed by atoms with Crippen molar-refractivity contribution in [1.29, 1.82) is 0 Å². The first-order chi connectivity index (χ1) is 8.67. The summed E-state index contributed by atoms with van der Waals surface area (Å²) in [5.41, 5.74) is 2.21. The van der Waals surface area contributed by atoms with Crippen LogP contribution in [0.2, 0.25) is 0 Å². The normalized spacial score (nSPS) is 12.6. The van der Waals surface area contributed by atoms with Crippen molar-refractivity contribution >= 4 is 54.6 Å². The van der Waals surface area contributed by atoms with E-state index in [0.29, 0.717) is 0 Å². The Morgan fingerprint density at radius 2 is 2.21 bits per heavy atom. The number of rotatable bonds is 5. The van der Waals surface area contributed by atoms with E-state index >= 15 is 0 Å². The summed E-state index contributed by atoms with van der Waals surface area (Å²) < 4.78 is 5.43. The average Bonchev–Trinajstić information content (AvgIpc) is 2.78. The summed E-state index contributed by atoms with van der Waals surface area (Å²) >= 11 is 5.91. The zero-order valence-electron chi connectivity index (χ0n) is 11.6. The molecule has 0 saturated heterocycles. The van der Waals surface area contributed by atoms with Gasteiger partial charge < -0.3 is 10.8 Å². The molecule has 0 aliphatic carbocycles. The summed E-state index contributed by atoms with van der Waals surface area (Å²) in [7, 11) is 1.73. The van der Waals surface area contributed by atoms with Crippen molar-refractivity contribution in [2.75, 3.05) is 7.11 Å². The van der Waals surface area contributed by atoms with Crippen molar-refractivity contribution in [2.45, 2.75) is 33.3 Å². The van der Waals surface area contributed by atoms with Gasteiger partial charge in [-0.05, 0) is 31.9 Å². The first-order valence-corrected chi connectivity index (χ1v) is 12.6. The van der Waals surface area contributed by atoms with Gasteiger partial charge in [-0.15, -0.1) is 11.3 Å². The van der Waals surface area contributed by atoms with Gasteiger partial charge in [-0.3, -0.25) is 6.08 Å². The molecule has 19 heavy (non-hydrogen) atoms. The van der Waals surface area contributed by atoms with Gasteiger partial charge in [0.05, 0.1) is 16.8 Å². The minimum absolute atomic E-state index is 0. The summed E-state index contributed by atoms with van der Waals surface area (Å²) in [4.78, 5) is 4.41. The number of thiazole rings is 1. The van der Waals surface area contributed by atoms with Crippen LogP contribution in [0.5, 0.6) is 0 Å². The van der Waals surface area contributed by atoms with E-state index < -0.39 is 0 Å². The topological polar surface area (TPSA) is 22.1 Å². The standard InChI is InChI=1S/C13H18NOS.I2.Y/c1-5-6-7-13(15-4)10(2)8-12-9-16-11(3)14-12;1-2;/h6,8-9,13H,7H2,1-4H3;;/q-1;;/b10-8+;;. The van der Waals surface area contributed by atoms with E-state index in [9.17, 15) is 0 Å². The average molecular weight is 579 g/mol. The van der Waals surface area contributed by atoms with Gasteiger partial charge in [0.15, 0.2) is 0 Å². The zero-order chi connectivity index (χ0) is 14.0. The van der Waals surface area contributed by atoms with E-state index in [0.717, 1.165) is 17.1 Å². The number of aryl methyl sites for hydroxylation is 1. The van der Waals surface area contributed by atoms with Crippen LogP contribution in [0.1, 0.15) is 31.0 Å². The summed E-state index contributed by atoms with van der Waals surface area (Å²) in [5.74, 6) is 0. The van der Waals surface area contributed by atoms with Crippen molar-refractivity contribution in [3.63, 3.8) is 0 Å². The Morgan fingerprint density at radius 1 is 1.58 bits per heavy atom. The van der Waals surface area contributed by atoms with Crippen LogP contribution in [0.3, 0.4) is 0 Å². The predicted molar refractivity (Wildman–Crippen MR) is 97.4 cm³/mol. The molecule has 0 N–H and O–H groups in total. The summed E-state index contributed by atoms with van der Waals surface area (Å²) in [6.07, 6.45) is 8.07. The molecule has 1 aromatic rings. The molecule has 1 heterocycles. The first-order valence-electron chi connectivity index (χ1n) is 5.43. The van der Waals surface area contributed by atoms with Gasteiger partial charge in [-0.2, -0.15) is 6.92 Å². The number of hydrogen-bond acceptors (Lipinski definition) is 3. The van der Waals surface area contributed by atoms with Gasteiger partial charge in [0.25, 0.3) is 0 Å². The smallest absolute Gasteiger partial charge is 0.0901 e. The third-order valence-electron chi connectivity index (χ3n) is 2.34. The molecule has 0 aromatic carbocycles. The minimum atomic E-state index is 0. The summed E-state index contributed by atoms with van der Waals surface area (Å²) in [6, 6.07) is 0. The fraction of sp³-hybridized carbons (Fsp3) is 0.462. The van der Waals surface area contributed by atoms with E-state index in [1.165, 1.54) is 5.57 Å². The maximum Gasteiger partial charge on any atom is 0.0901 e. The molecule has 0 aliphatic heterocycles. The molecule has 1 rings (SSSR count). The van der Waals surface area contributed by atoms with Crippen molar-refractivity contribution in [2.24, 2.45) is 0 Å². The van der Waals surface area contributed by atoms with Gasteiger partial charge in [0.2, 0.25) is 0 Å². The number of nitrogens with zero attached hydrogens (tertiary/aromatic N) is 1. The predicted octanol–water partition coefficient (Wildman–Crippen LogP) is 5.41. The fourth-order valence-corrected chi connectivity index (χ4v) is 2.04. The molecule has 2 nitrogen and oxygen atoms in total. The third-order valence-corrected chi connectivity index (χ3v) is 3.13. The molecule has 1 aromatic heterocycles. The van der Waals surface area contributed by atoms with E-state index in [-0.39, 0.29) is 38.8 Å². The molecule has 0 aliphatic rings. The van der Waals surface area contributed by atoms with Gasteiger partial charge in [-0.1, -0.05) is 0 Å². The maximum absolute atomic E-state index is 5.43. The SMILES string of the molecule is C[C-]=CCC(OC)/C(C)=C/c1csc(C)n1.II.[Y]. The van der Waals surface area contributed by atoms with Crippen LogP contribution < -0.4 is 0 Å². The van der Waals surface area contributed by atoms with Crippen molar-refractivity contribution < 1.29 is 37.4 Å².